The lowest BCUT2D eigenvalue weighted by Crippen LogP contribution is -2.32. The van der Waals surface area contributed by atoms with Crippen molar-refractivity contribution in [2.75, 3.05) is 32.9 Å². The van der Waals surface area contributed by atoms with Crippen molar-refractivity contribution in [2.45, 2.75) is 39.9 Å². The van der Waals surface area contributed by atoms with E-state index in [4.69, 9.17) is 14.6 Å². The van der Waals surface area contributed by atoms with Crippen molar-refractivity contribution in [1.82, 2.24) is 5.32 Å². The van der Waals surface area contributed by atoms with Crippen molar-refractivity contribution in [1.29, 1.82) is 0 Å². The number of hydrogen-bond acceptors (Lipinski definition) is 4. The summed E-state index contributed by atoms with van der Waals surface area (Å²) < 4.78 is 10.8. The largest absolute Gasteiger partial charge is 0.396 e. The predicted octanol–water partition coefficient (Wildman–Crippen LogP) is 1.38. The molecule has 2 N–H and O–H groups in total. The fourth-order valence-corrected chi connectivity index (χ4v) is 1.42. The van der Waals surface area contributed by atoms with Crippen LogP contribution in [0.2, 0.25) is 0 Å². The summed E-state index contributed by atoms with van der Waals surface area (Å²) >= 11 is 0. The molecule has 0 heterocycles. The van der Waals surface area contributed by atoms with Gasteiger partial charge in [-0.3, -0.25) is 0 Å². The van der Waals surface area contributed by atoms with Gasteiger partial charge in [0.2, 0.25) is 0 Å². The zero-order valence-corrected chi connectivity index (χ0v) is 10.9. The maximum absolute atomic E-state index is 8.86. The Morgan fingerprint density at radius 1 is 1.19 bits per heavy atom. The van der Waals surface area contributed by atoms with Crippen LogP contribution in [0.15, 0.2) is 0 Å². The first-order valence-electron chi connectivity index (χ1n) is 6.29. The summed E-state index contributed by atoms with van der Waals surface area (Å²) in [5, 5.41) is 12.2. The average molecular weight is 233 g/mol. The van der Waals surface area contributed by atoms with Crippen LogP contribution in [0.5, 0.6) is 0 Å². The summed E-state index contributed by atoms with van der Waals surface area (Å²) in [5.41, 5.74) is 0. The second-order valence-electron chi connectivity index (χ2n) is 3.97. The molecule has 0 radical (unpaired) electrons. The Morgan fingerprint density at radius 3 is 2.31 bits per heavy atom. The molecule has 0 aliphatic heterocycles. The van der Waals surface area contributed by atoms with Gasteiger partial charge in [0, 0.05) is 26.4 Å². The summed E-state index contributed by atoms with van der Waals surface area (Å²) in [6, 6.07) is 0. The second-order valence-corrected chi connectivity index (χ2v) is 3.97. The van der Waals surface area contributed by atoms with Gasteiger partial charge in [-0.15, -0.1) is 0 Å². The van der Waals surface area contributed by atoms with Crippen molar-refractivity contribution < 1.29 is 14.6 Å². The molecule has 98 valence electrons. The van der Waals surface area contributed by atoms with Crippen LogP contribution in [0, 0.1) is 5.92 Å². The van der Waals surface area contributed by atoms with Crippen molar-refractivity contribution >= 4 is 0 Å². The number of rotatable bonds is 11. The molecule has 0 aliphatic rings. The van der Waals surface area contributed by atoms with E-state index in [0.29, 0.717) is 19.1 Å². The molecule has 16 heavy (non-hydrogen) atoms. The van der Waals surface area contributed by atoms with Gasteiger partial charge in [-0.05, 0) is 39.2 Å². The molecule has 0 saturated heterocycles. The van der Waals surface area contributed by atoms with E-state index < -0.39 is 0 Å². The highest BCUT2D eigenvalue weighted by Crippen LogP contribution is 2.02. The number of hydrogen-bond donors (Lipinski definition) is 2. The zero-order chi connectivity index (χ0) is 12.2. The van der Waals surface area contributed by atoms with Crippen LogP contribution >= 0.6 is 0 Å². The van der Waals surface area contributed by atoms with E-state index in [1.807, 2.05) is 13.8 Å². The maximum Gasteiger partial charge on any atom is 0.169 e. The highest BCUT2D eigenvalue weighted by atomic mass is 16.7. The number of ether oxygens (including phenoxy) is 2. The molecule has 1 unspecified atom stereocenters. The first-order chi connectivity index (χ1) is 7.74. The summed E-state index contributed by atoms with van der Waals surface area (Å²) in [4.78, 5) is 0. The van der Waals surface area contributed by atoms with Crippen molar-refractivity contribution in [3.63, 3.8) is 0 Å². The second kappa shape index (κ2) is 11.3. The third kappa shape index (κ3) is 9.09. The lowest BCUT2D eigenvalue weighted by atomic mass is 10.1. The Labute approximate surface area is 99.3 Å². The molecule has 1 atom stereocenters. The molecular weight excluding hydrogens is 206 g/mol. The van der Waals surface area contributed by atoms with E-state index in [1.165, 1.54) is 0 Å². The van der Waals surface area contributed by atoms with E-state index in [0.717, 1.165) is 25.9 Å². The zero-order valence-electron chi connectivity index (χ0n) is 10.9. The minimum Gasteiger partial charge on any atom is -0.396 e. The van der Waals surface area contributed by atoms with Gasteiger partial charge in [0.1, 0.15) is 0 Å². The SMILES string of the molecule is CCOC(CNCCCC(C)CO)OCC. The Hall–Kier alpha value is -0.160. The van der Waals surface area contributed by atoms with Crippen LogP contribution in [0.25, 0.3) is 0 Å². The average Bonchev–Trinajstić information content (AvgIpc) is 2.28. The molecule has 4 heteroatoms. The summed E-state index contributed by atoms with van der Waals surface area (Å²) in [5.74, 6) is 0.399. The minimum absolute atomic E-state index is 0.134. The predicted molar refractivity (Wildman–Crippen MR) is 65.4 cm³/mol. The van der Waals surface area contributed by atoms with Gasteiger partial charge in [-0.1, -0.05) is 6.92 Å². The molecule has 0 amide bonds. The Bertz CT molecular complexity index is 138. The third-order valence-corrected chi connectivity index (χ3v) is 2.38. The molecule has 0 bridgehead atoms. The van der Waals surface area contributed by atoms with E-state index in [1.54, 1.807) is 0 Å². The van der Waals surface area contributed by atoms with Gasteiger partial charge in [0.25, 0.3) is 0 Å². The van der Waals surface area contributed by atoms with Gasteiger partial charge in [-0.2, -0.15) is 0 Å². The van der Waals surface area contributed by atoms with Gasteiger partial charge >= 0.3 is 0 Å². The van der Waals surface area contributed by atoms with Crippen LogP contribution in [-0.4, -0.2) is 44.3 Å². The van der Waals surface area contributed by atoms with Crippen molar-refractivity contribution in [3.05, 3.63) is 0 Å². The monoisotopic (exact) mass is 233 g/mol. The highest BCUT2D eigenvalue weighted by Gasteiger charge is 2.06. The van der Waals surface area contributed by atoms with Gasteiger partial charge < -0.3 is 19.9 Å². The molecule has 0 saturated carbocycles. The molecule has 4 nitrogen and oxygen atoms in total. The summed E-state index contributed by atoms with van der Waals surface area (Å²) in [6.45, 7) is 9.30. The van der Waals surface area contributed by atoms with Gasteiger partial charge in [0.15, 0.2) is 6.29 Å². The normalized spacial score (nSPS) is 13.3. The topological polar surface area (TPSA) is 50.7 Å². The maximum atomic E-state index is 8.86. The fraction of sp³-hybridized carbons (Fsp3) is 1.00. The van der Waals surface area contributed by atoms with Crippen molar-refractivity contribution in [3.8, 4) is 0 Å². The van der Waals surface area contributed by atoms with Crippen LogP contribution < -0.4 is 5.32 Å². The molecule has 0 aromatic rings. The van der Waals surface area contributed by atoms with Crippen LogP contribution in [-0.2, 0) is 9.47 Å². The number of aliphatic hydroxyl groups excluding tert-OH is 1. The molecule has 0 aromatic heterocycles. The van der Waals surface area contributed by atoms with E-state index in [9.17, 15) is 0 Å². The highest BCUT2D eigenvalue weighted by molar-refractivity contribution is 4.55. The van der Waals surface area contributed by atoms with Crippen LogP contribution in [0.4, 0.5) is 0 Å². The first-order valence-corrected chi connectivity index (χ1v) is 6.29. The van der Waals surface area contributed by atoms with E-state index >= 15 is 0 Å². The smallest absolute Gasteiger partial charge is 0.169 e. The quantitative estimate of drug-likeness (QED) is 0.418. The molecule has 0 aliphatic carbocycles. The van der Waals surface area contributed by atoms with Crippen molar-refractivity contribution in [2.24, 2.45) is 5.92 Å². The fourth-order valence-electron chi connectivity index (χ4n) is 1.42. The first kappa shape index (κ1) is 15.8. The minimum atomic E-state index is -0.134. The Morgan fingerprint density at radius 2 is 1.81 bits per heavy atom. The molecule has 0 fully saturated rings. The van der Waals surface area contributed by atoms with E-state index in [2.05, 4.69) is 12.2 Å². The Balaban J connectivity index is 3.39. The number of aliphatic hydroxyl groups is 1. The standard InChI is InChI=1S/C12H27NO3/c1-4-15-12(16-5-2)9-13-8-6-7-11(3)10-14/h11-14H,4-10H2,1-3H3. The summed E-state index contributed by atoms with van der Waals surface area (Å²) in [6.07, 6.45) is 2.00. The van der Waals surface area contributed by atoms with Crippen LogP contribution in [0.3, 0.4) is 0 Å². The summed E-state index contributed by atoms with van der Waals surface area (Å²) in [7, 11) is 0. The lowest BCUT2D eigenvalue weighted by molar-refractivity contribution is -0.132. The van der Waals surface area contributed by atoms with Crippen LogP contribution in [0.1, 0.15) is 33.6 Å². The molecular formula is C12H27NO3. The van der Waals surface area contributed by atoms with Gasteiger partial charge in [-0.25, -0.2) is 0 Å². The van der Waals surface area contributed by atoms with E-state index in [-0.39, 0.29) is 12.9 Å². The molecule has 0 rings (SSSR count). The lowest BCUT2D eigenvalue weighted by Gasteiger charge is -2.17. The van der Waals surface area contributed by atoms with Gasteiger partial charge in [0.05, 0.1) is 0 Å². The number of nitrogens with one attached hydrogen (secondary N) is 1. The Kier molecular flexibility index (Phi) is 11.2. The third-order valence-electron chi connectivity index (χ3n) is 2.38. The molecule has 0 aromatic carbocycles. The molecule has 0 spiro atoms.